The van der Waals surface area contributed by atoms with Gasteiger partial charge < -0.3 is 14.6 Å². The smallest absolute Gasteiger partial charge is 0.341 e. The zero-order valence-electron chi connectivity index (χ0n) is 12.8. The summed E-state index contributed by atoms with van der Waals surface area (Å²) >= 11 is 5.09. The first-order valence-electron chi connectivity index (χ1n) is 7.47. The van der Waals surface area contributed by atoms with Gasteiger partial charge >= 0.3 is 5.97 Å². The van der Waals surface area contributed by atoms with Crippen molar-refractivity contribution in [2.45, 2.75) is 19.0 Å². The number of hydrogen-bond donors (Lipinski definition) is 1. The van der Waals surface area contributed by atoms with Crippen molar-refractivity contribution in [2.75, 3.05) is 0 Å². The number of halogens is 2. The largest absolute Gasteiger partial charge is 0.346 e. The van der Waals surface area contributed by atoms with Crippen LogP contribution in [-0.4, -0.2) is 16.6 Å². The minimum atomic E-state index is -0.837. The highest BCUT2D eigenvalue weighted by Crippen LogP contribution is 2.24. The first kappa shape index (κ1) is 16.5. The van der Waals surface area contributed by atoms with E-state index in [9.17, 15) is 9.18 Å². The molecule has 3 rings (SSSR count). The molecule has 0 saturated carbocycles. The van der Waals surface area contributed by atoms with Crippen molar-refractivity contribution in [3.05, 3.63) is 71.7 Å². The molecule has 124 valence electrons. The molecule has 0 saturated heterocycles. The first-order chi connectivity index (χ1) is 11.6. The van der Waals surface area contributed by atoms with Crippen LogP contribution in [0.3, 0.4) is 0 Å². The minimum absolute atomic E-state index is 0.268. The molecule has 1 heterocycles. The predicted molar refractivity (Wildman–Crippen MR) is 91.1 cm³/mol. The van der Waals surface area contributed by atoms with E-state index in [0.717, 1.165) is 22.0 Å². The van der Waals surface area contributed by atoms with Crippen molar-refractivity contribution in [3.8, 4) is 0 Å². The van der Waals surface area contributed by atoms with Gasteiger partial charge in [0, 0.05) is 30.1 Å². The van der Waals surface area contributed by atoms with Gasteiger partial charge in [0.1, 0.15) is 23.7 Å². The molecule has 0 unspecified atom stereocenters. The summed E-state index contributed by atoms with van der Waals surface area (Å²) in [5, 5.41) is 0.992. The Kier molecular flexibility index (Phi) is 4.83. The second kappa shape index (κ2) is 7.03. The third kappa shape index (κ3) is 3.42. The average Bonchev–Trinajstić information content (AvgIpc) is 2.92. The third-order valence-electron chi connectivity index (χ3n) is 3.93. The van der Waals surface area contributed by atoms with Crippen molar-refractivity contribution >= 4 is 28.7 Å². The number of nitrogens with two attached hydrogens (primary N) is 1. The molecule has 0 amide bonds. The van der Waals surface area contributed by atoms with Crippen LogP contribution < -0.4 is 5.73 Å². The van der Waals surface area contributed by atoms with Gasteiger partial charge in [0.15, 0.2) is 0 Å². The fourth-order valence-electron chi connectivity index (χ4n) is 2.83. The molecule has 2 aromatic carbocycles. The number of para-hydroxylation sites is 1. The lowest BCUT2D eigenvalue weighted by Crippen LogP contribution is -2.32. The van der Waals surface area contributed by atoms with Crippen LogP contribution in [0.25, 0.3) is 10.9 Å². The summed E-state index contributed by atoms with van der Waals surface area (Å²) in [6.45, 7) is 0.521. The highest BCUT2D eigenvalue weighted by atomic mass is 35.5. The summed E-state index contributed by atoms with van der Waals surface area (Å²) in [7, 11) is 0. The average molecular weight is 347 g/mol. The first-order valence-corrected chi connectivity index (χ1v) is 7.78. The van der Waals surface area contributed by atoms with E-state index in [1.807, 2.05) is 41.1 Å². The molecule has 0 aliphatic rings. The summed E-state index contributed by atoms with van der Waals surface area (Å²) in [5.41, 5.74) is 8.57. The number of hydrogen-bond acceptors (Lipinski definition) is 3. The van der Waals surface area contributed by atoms with Crippen LogP contribution in [0.15, 0.2) is 54.7 Å². The molecular formula is C18H16ClFN2O2. The Balaban J connectivity index is 1.95. The molecule has 1 atom stereocenters. The summed E-state index contributed by atoms with van der Waals surface area (Å²) in [4.78, 5) is 11.5. The van der Waals surface area contributed by atoms with Gasteiger partial charge in [0.2, 0.25) is 0 Å². The summed E-state index contributed by atoms with van der Waals surface area (Å²) in [6.07, 6.45) is 2.24. The number of benzene rings is 2. The topological polar surface area (TPSA) is 57.2 Å². The number of carbonyl (C=O) groups is 1. The second-order valence-corrected chi connectivity index (χ2v) is 5.79. The highest BCUT2D eigenvalue weighted by molar-refractivity contribution is 6.13. The molecule has 24 heavy (non-hydrogen) atoms. The van der Waals surface area contributed by atoms with E-state index < -0.39 is 12.0 Å². The summed E-state index contributed by atoms with van der Waals surface area (Å²) in [5.74, 6) is -0.935. The van der Waals surface area contributed by atoms with E-state index in [4.69, 9.17) is 17.6 Å². The lowest BCUT2D eigenvalue weighted by molar-refractivity contribution is -0.135. The number of nitrogens with zero attached hydrogens (tertiary/aromatic N) is 1. The molecule has 0 spiro atoms. The number of aromatic nitrogens is 1. The van der Waals surface area contributed by atoms with Crippen molar-refractivity contribution in [2.24, 2.45) is 5.73 Å². The van der Waals surface area contributed by atoms with E-state index >= 15 is 0 Å². The van der Waals surface area contributed by atoms with Gasteiger partial charge in [-0.2, -0.15) is 0 Å². The zero-order chi connectivity index (χ0) is 17.1. The molecule has 0 aliphatic carbocycles. The predicted octanol–water partition coefficient (Wildman–Crippen LogP) is 3.40. The van der Waals surface area contributed by atoms with Crippen molar-refractivity contribution in [1.29, 1.82) is 0 Å². The van der Waals surface area contributed by atoms with Gasteiger partial charge in [-0.1, -0.05) is 30.3 Å². The molecular weight excluding hydrogens is 331 g/mol. The van der Waals surface area contributed by atoms with Crippen LogP contribution in [0, 0.1) is 5.82 Å². The Labute approximate surface area is 143 Å². The van der Waals surface area contributed by atoms with Crippen LogP contribution in [0.1, 0.15) is 11.1 Å². The van der Waals surface area contributed by atoms with Gasteiger partial charge in [0.05, 0.1) is 0 Å². The molecule has 0 aliphatic heterocycles. The fraction of sp³-hybridized carbons (Fsp3) is 0.167. The molecule has 0 bridgehead atoms. The Bertz CT molecular complexity index is 878. The van der Waals surface area contributed by atoms with Crippen LogP contribution in [0.5, 0.6) is 0 Å². The number of fused-ring (bicyclic) bond motifs is 1. The van der Waals surface area contributed by atoms with Gasteiger partial charge in [-0.15, -0.1) is 0 Å². The van der Waals surface area contributed by atoms with E-state index in [1.165, 1.54) is 12.1 Å². The van der Waals surface area contributed by atoms with Gasteiger partial charge in [-0.05, 0) is 29.3 Å². The van der Waals surface area contributed by atoms with E-state index in [-0.39, 0.29) is 5.82 Å². The zero-order valence-corrected chi connectivity index (χ0v) is 13.5. The molecule has 1 aromatic heterocycles. The van der Waals surface area contributed by atoms with Crippen LogP contribution >= 0.6 is 11.9 Å². The normalized spacial score (nSPS) is 12.3. The maximum Gasteiger partial charge on any atom is 0.341 e. The number of carbonyl (C=O) groups excluding carboxylic acids is 1. The number of rotatable bonds is 5. The van der Waals surface area contributed by atoms with Crippen molar-refractivity contribution in [3.63, 3.8) is 0 Å². The van der Waals surface area contributed by atoms with E-state index in [2.05, 4.69) is 4.29 Å². The van der Waals surface area contributed by atoms with Gasteiger partial charge in [-0.3, -0.25) is 0 Å². The van der Waals surface area contributed by atoms with Crippen molar-refractivity contribution in [1.82, 2.24) is 4.57 Å². The standard InChI is InChI=1S/C18H16ClFN2O2/c19-24-18(23)16(21)9-13-11-22(17-7-2-1-6-15(13)17)10-12-4-3-5-14(20)8-12/h1-8,11,16H,9-10,21H2/t16-/m0/s1. The molecule has 0 fully saturated rings. The minimum Gasteiger partial charge on any atom is -0.346 e. The molecule has 4 nitrogen and oxygen atoms in total. The SMILES string of the molecule is N[C@@H](Cc1cn(Cc2cccc(F)c2)c2ccccc12)C(=O)OCl. The van der Waals surface area contributed by atoms with E-state index in [1.54, 1.807) is 6.07 Å². The quantitative estimate of drug-likeness (QED) is 0.770. The van der Waals surface area contributed by atoms with Crippen LogP contribution in [0.2, 0.25) is 0 Å². The second-order valence-electron chi connectivity index (χ2n) is 5.64. The Hall–Kier alpha value is -2.37. The summed E-state index contributed by atoms with van der Waals surface area (Å²) in [6, 6.07) is 13.4. The van der Waals surface area contributed by atoms with E-state index in [0.29, 0.717) is 13.0 Å². The summed E-state index contributed by atoms with van der Waals surface area (Å²) < 4.78 is 19.6. The molecule has 2 N–H and O–H groups in total. The lowest BCUT2D eigenvalue weighted by atomic mass is 10.1. The monoisotopic (exact) mass is 346 g/mol. The van der Waals surface area contributed by atoms with Crippen molar-refractivity contribution < 1.29 is 13.5 Å². The Morgan fingerprint density at radius 3 is 2.79 bits per heavy atom. The van der Waals surface area contributed by atoms with Crippen LogP contribution in [-0.2, 0) is 22.0 Å². The maximum atomic E-state index is 13.4. The van der Waals surface area contributed by atoms with Crippen LogP contribution in [0.4, 0.5) is 4.39 Å². The van der Waals surface area contributed by atoms with Gasteiger partial charge in [-0.25, -0.2) is 9.18 Å². The molecule has 6 heteroatoms. The molecule has 3 aromatic rings. The van der Waals surface area contributed by atoms with Gasteiger partial charge in [0.25, 0.3) is 0 Å². The third-order valence-corrected chi connectivity index (χ3v) is 4.08. The lowest BCUT2D eigenvalue weighted by Gasteiger charge is -2.06. The fourth-order valence-corrected chi connectivity index (χ4v) is 2.94. The Morgan fingerprint density at radius 2 is 2.04 bits per heavy atom. The maximum absolute atomic E-state index is 13.4. The highest BCUT2D eigenvalue weighted by Gasteiger charge is 2.18. The molecule has 0 radical (unpaired) electrons. The Morgan fingerprint density at radius 1 is 1.25 bits per heavy atom.